The Kier molecular flexibility index (Phi) is 2.51. The lowest BCUT2D eigenvalue weighted by atomic mass is 9.96. The molecular formula is C12H13N3O2. The van der Waals surface area contributed by atoms with Crippen molar-refractivity contribution in [2.24, 2.45) is 0 Å². The van der Waals surface area contributed by atoms with E-state index in [1.807, 2.05) is 12.1 Å². The van der Waals surface area contributed by atoms with Crippen molar-refractivity contribution < 1.29 is 9.26 Å². The van der Waals surface area contributed by atoms with Crippen LogP contribution in [0.3, 0.4) is 0 Å². The fraction of sp³-hybridized carbons (Fsp3) is 0.417. The van der Waals surface area contributed by atoms with Crippen molar-refractivity contribution in [3.8, 4) is 17.3 Å². The standard InChI is InChI=1S/C12H13N3O2/c1-8-14-11(15-17-8)10-6-3-7-13-12(10)16-9-4-2-5-9/h3,6-7,9H,2,4-5H2,1H3. The van der Waals surface area contributed by atoms with E-state index in [0.29, 0.717) is 17.6 Å². The van der Waals surface area contributed by atoms with Gasteiger partial charge in [0.25, 0.3) is 0 Å². The van der Waals surface area contributed by atoms with Crippen LogP contribution in [-0.4, -0.2) is 21.2 Å². The summed E-state index contributed by atoms with van der Waals surface area (Å²) in [6.45, 7) is 1.76. The smallest absolute Gasteiger partial charge is 0.224 e. The van der Waals surface area contributed by atoms with Gasteiger partial charge in [-0.15, -0.1) is 0 Å². The Labute approximate surface area is 98.8 Å². The zero-order chi connectivity index (χ0) is 11.7. The molecule has 0 aromatic carbocycles. The average molecular weight is 231 g/mol. The third kappa shape index (κ3) is 2.00. The summed E-state index contributed by atoms with van der Waals surface area (Å²) in [5.74, 6) is 1.67. The molecule has 0 radical (unpaired) electrons. The second-order valence-corrected chi connectivity index (χ2v) is 4.16. The van der Waals surface area contributed by atoms with Crippen LogP contribution in [0.1, 0.15) is 25.2 Å². The summed E-state index contributed by atoms with van der Waals surface area (Å²) in [5, 5.41) is 3.89. The van der Waals surface area contributed by atoms with Crippen molar-refractivity contribution in [1.82, 2.24) is 15.1 Å². The average Bonchev–Trinajstić information content (AvgIpc) is 2.71. The predicted molar refractivity (Wildman–Crippen MR) is 60.5 cm³/mol. The summed E-state index contributed by atoms with van der Waals surface area (Å²) < 4.78 is 10.8. The number of aryl methyl sites for hydroxylation is 1. The molecule has 2 aromatic rings. The normalized spacial score (nSPS) is 15.6. The summed E-state index contributed by atoms with van der Waals surface area (Å²) in [7, 11) is 0. The molecule has 0 N–H and O–H groups in total. The highest BCUT2D eigenvalue weighted by Gasteiger charge is 2.22. The van der Waals surface area contributed by atoms with Crippen LogP contribution in [0.4, 0.5) is 0 Å². The maximum Gasteiger partial charge on any atom is 0.224 e. The molecule has 88 valence electrons. The van der Waals surface area contributed by atoms with E-state index in [-0.39, 0.29) is 6.10 Å². The summed E-state index contributed by atoms with van der Waals surface area (Å²) >= 11 is 0. The molecule has 1 aliphatic rings. The number of nitrogens with zero attached hydrogens (tertiary/aromatic N) is 3. The second kappa shape index (κ2) is 4.16. The van der Waals surface area contributed by atoms with Gasteiger partial charge in [-0.2, -0.15) is 4.98 Å². The number of pyridine rings is 1. The Morgan fingerprint density at radius 3 is 2.94 bits per heavy atom. The monoisotopic (exact) mass is 231 g/mol. The van der Waals surface area contributed by atoms with E-state index in [1.165, 1.54) is 6.42 Å². The van der Waals surface area contributed by atoms with Crippen molar-refractivity contribution in [3.05, 3.63) is 24.2 Å². The zero-order valence-corrected chi connectivity index (χ0v) is 9.59. The molecule has 1 aliphatic carbocycles. The molecule has 17 heavy (non-hydrogen) atoms. The number of rotatable bonds is 3. The second-order valence-electron chi connectivity index (χ2n) is 4.16. The molecule has 0 spiro atoms. The van der Waals surface area contributed by atoms with Gasteiger partial charge in [-0.25, -0.2) is 4.98 Å². The van der Waals surface area contributed by atoms with Gasteiger partial charge in [0, 0.05) is 13.1 Å². The summed E-state index contributed by atoms with van der Waals surface area (Å²) in [6.07, 6.45) is 5.43. The van der Waals surface area contributed by atoms with E-state index in [9.17, 15) is 0 Å². The van der Waals surface area contributed by atoms with Crippen LogP contribution < -0.4 is 4.74 Å². The van der Waals surface area contributed by atoms with Gasteiger partial charge < -0.3 is 9.26 Å². The van der Waals surface area contributed by atoms with E-state index in [4.69, 9.17) is 9.26 Å². The van der Waals surface area contributed by atoms with Gasteiger partial charge in [-0.05, 0) is 31.4 Å². The topological polar surface area (TPSA) is 61.0 Å². The Morgan fingerprint density at radius 1 is 1.41 bits per heavy atom. The molecule has 5 heteroatoms. The molecule has 0 unspecified atom stereocenters. The van der Waals surface area contributed by atoms with Crippen molar-refractivity contribution in [3.63, 3.8) is 0 Å². The number of aromatic nitrogens is 3. The van der Waals surface area contributed by atoms with Gasteiger partial charge in [0.15, 0.2) is 0 Å². The number of hydrogen-bond donors (Lipinski definition) is 0. The molecule has 1 fully saturated rings. The molecular weight excluding hydrogens is 218 g/mol. The highest BCUT2D eigenvalue weighted by molar-refractivity contribution is 5.60. The first kappa shape index (κ1) is 10.3. The van der Waals surface area contributed by atoms with E-state index < -0.39 is 0 Å². The van der Waals surface area contributed by atoms with Crippen molar-refractivity contribution in [1.29, 1.82) is 0 Å². The van der Waals surface area contributed by atoms with Crippen LogP contribution in [0.5, 0.6) is 5.88 Å². The molecule has 0 saturated heterocycles. The largest absolute Gasteiger partial charge is 0.474 e. The first-order chi connectivity index (χ1) is 8.33. The lowest BCUT2D eigenvalue weighted by molar-refractivity contribution is 0.115. The fourth-order valence-corrected chi connectivity index (χ4v) is 1.71. The fourth-order valence-electron chi connectivity index (χ4n) is 1.71. The lowest BCUT2D eigenvalue weighted by Gasteiger charge is -2.26. The highest BCUT2D eigenvalue weighted by atomic mass is 16.5. The van der Waals surface area contributed by atoms with E-state index in [0.717, 1.165) is 18.4 Å². The Morgan fingerprint density at radius 2 is 2.29 bits per heavy atom. The van der Waals surface area contributed by atoms with Crippen molar-refractivity contribution in [2.45, 2.75) is 32.3 Å². The minimum Gasteiger partial charge on any atom is -0.474 e. The minimum absolute atomic E-state index is 0.289. The van der Waals surface area contributed by atoms with E-state index in [2.05, 4.69) is 15.1 Å². The maximum atomic E-state index is 5.81. The number of hydrogen-bond acceptors (Lipinski definition) is 5. The van der Waals surface area contributed by atoms with Gasteiger partial charge in [0.1, 0.15) is 6.10 Å². The summed E-state index contributed by atoms with van der Waals surface area (Å²) in [4.78, 5) is 8.44. The third-order valence-electron chi connectivity index (χ3n) is 2.87. The first-order valence-corrected chi connectivity index (χ1v) is 5.75. The van der Waals surface area contributed by atoms with Crippen LogP contribution in [0.2, 0.25) is 0 Å². The molecule has 3 rings (SSSR count). The van der Waals surface area contributed by atoms with Gasteiger partial charge in [-0.1, -0.05) is 5.16 Å². The Bertz CT molecular complexity index is 520. The molecule has 0 aliphatic heterocycles. The van der Waals surface area contributed by atoms with Crippen LogP contribution >= 0.6 is 0 Å². The minimum atomic E-state index is 0.289. The molecule has 2 aromatic heterocycles. The van der Waals surface area contributed by atoms with Crippen molar-refractivity contribution in [2.75, 3.05) is 0 Å². The summed E-state index contributed by atoms with van der Waals surface area (Å²) in [6, 6.07) is 3.74. The van der Waals surface area contributed by atoms with Gasteiger partial charge in [0.05, 0.1) is 5.56 Å². The molecule has 1 saturated carbocycles. The van der Waals surface area contributed by atoms with Crippen LogP contribution in [0, 0.1) is 6.92 Å². The predicted octanol–water partition coefficient (Wildman–Crippen LogP) is 2.37. The van der Waals surface area contributed by atoms with E-state index >= 15 is 0 Å². The van der Waals surface area contributed by atoms with Gasteiger partial charge in [-0.3, -0.25) is 0 Å². The van der Waals surface area contributed by atoms with Crippen LogP contribution in [-0.2, 0) is 0 Å². The number of ether oxygens (including phenoxy) is 1. The molecule has 0 atom stereocenters. The third-order valence-corrected chi connectivity index (χ3v) is 2.87. The van der Waals surface area contributed by atoms with Crippen molar-refractivity contribution >= 4 is 0 Å². The molecule has 0 bridgehead atoms. The quantitative estimate of drug-likeness (QED) is 0.811. The Hall–Kier alpha value is -1.91. The molecule has 2 heterocycles. The maximum absolute atomic E-state index is 5.81. The SMILES string of the molecule is Cc1nc(-c2cccnc2OC2CCC2)no1. The zero-order valence-electron chi connectivity index (χ0n) is 9.59. The molecule has 0 amide bonds. The first-order valence-electron chi connectivity index (χ1n) is 5.75. The van der Waals surface area contributed by atoms with Gasteiger partial charge >= 0.3 is 0 Å². The summed E-state index contributed by atoms with van der Waals surface area (Å²) in [5.41, 5.74) is 0.788. The lowest BCUT2D eigenvalue weighted by Crippen LogP contribution is -2.25. The highest BCUT2D eigenvalue weighted by Crippen LogP contribution is 2.30. The Balaban J connectivity index is 1.92. The van der Waals surface area contributed by atoms with Gasteiger partial charge in [0.2, 0.25) is 17.6 Å². The van der Waals surface area contributed by atoms with Crippen LogP contribution in [0.25, 0.3) is 11.4 Å². The molecule has 5 nitrogen and oxygen atoms in total. The van der Waals surface area contributed by atoms with E-state index in [1.54, 1.807) is 13.1 Å². The van der Waals surface area contributed by atoms with Crippen LogP contribution in [0.15, 0.2) is 22.9 Å².